The molecule has 0 unspecified atom stereocenters. The number of rotatable bonds is 5. The molecule has 0 aliphatic rings. The van der Waals surface area contributed by atoms with E-state index in [-0.39, 0.29) is 16.6 Å². The average Bonchev–Trinajstić information content (AvgIpc) is 3.05. The van der Waals surface area contributed by atoms with Gasteiger partial charge in [-0.15, -0.1) is 10.2 Å². The number of benzene rings is 2. The fourth-order valence-electron chi connectivity index (χ4n) is 2.24. The van der Waals surface area contributed by atoms with Gasteiger partial charge in [0.05, 0.1) is 5.25 Å². The summed E-state index contributed by atoms with van der Waals surface area (Å²) in [5.74, 6) is -2.03. The van der Waals surface area contributed by atoms with Crippen LogP contribution in [0.1, 0.15) is 22.8 Å². The molecule has 4 nitrogen and oxygen atoms in total. The third-order valence-electron chi connectivity index (χ3n) is 3.52. The third-order valence-corrected chi connectivity index (χ3v) is 4.46. The Balaban J connectivity index is 1.74. The van der Waals surface area contributed by atoms with E-state index < -0.39 is 16.9 Å². The highest BCUT2D eigenvalue weighted by molar-refractivity contribution is 8.00. The number of aromatic nitrogens is 2. The van der Waals surface area contributed by atoms with Crippen molar-refractivity contribution in [1.29, 1.82) is 0 Å². The van der Waals surface area contributed by atoms with Crippen LogP contribution in [-0.4, -0.2) is 21.2 Å². The van der Waals surface area contributed by atoms with Crippen molar-refractivity contribution in [3.05, 3.63) is 65.2 Å². The van der Waals surface area contributed by atoms with E-state index in [4.69, 9.17) is 4.42 Å². The second-order valence-electron chi connectivity index (χ2n) is 5.50. The van der Waals surface area contributed by atoms with Gasteiger partial charge in [-0.3, -0.25) is 4.79 Å². The average molecular weight is 360 g/mol. The highest BCUT2D eigenvalue weighted by Crippen LogP contribution is 2.28. The quantitative estimate of drug-likeness (QED) is 0.488. The summed E-state index contributed by atoms with van der Waals surface area (Å²) in [5, 5.41) is 7.56. The van der Waals surface area contributed by atoms with E-state index in [1.807, 2.05) is 31.2 Å². The molecule has 0 aliphatic heterocycles. The van der Waals surface area contributed by atoms with Crippen molar-refractivity contribution in [3.8, 4) is 11.5 Å². The van der Waals surface area contributed by atoms with Crippen molar-refractivity contribution in [3.63, 3.8) is 0 Å². The van der Waals surface area contributed by atoms with Gasteiger partial charge in [0.2, 0.25) is 5.89 Å². The topological polar surface area (TPSA) is 56.0 Å². The molecule has 0 amide bonds. The van der Waals surface area contributed by atoms with Crippen molar-refractivity contribution in [2.75, 3.05) is 0 Å². The van der Waals surface area contributed by atoms with E-state index in [0.29, 0.717) is 5.89 Å². The first-order valence-corrected chi connectivity index (χ1v) is 8.38. The maximum atomic E-state index is 13.3. The number of carbonyl (C=O) groups excluding carboxylic acids is 1. The largest absolute Gasteiger partial charge is 0.411 e. The number of halogens is 2. The highest BCUT2D eigenvalue weighted by atomic mass is 32.2. The molecule has 1 heterocycles. The lowest BCUT2D eigenvalue weighted by atomic mass is 10.1. The number of aryl methyl sites for hydroxylation is 1. The Morgan fingerprint density at radius 2 is 1.92 bits per heavy atom. The molecule has 0 aliphatic carbocycles. The maximum absolute atomic E-state index is 13.3. The lowest BCUT2D eigenvalue weighted by Crippen LogP contribution is -2.14. The Hall–Kier alpha value is -2.54. The number of nitrogens with zero attached hydrogens (tertiary/aromatic N) is 2. The number of Topliss-reactive ketones (excluding diaryl/α,β-unsaturated/α-hetero) is 1. The molecule has 1 aromatic heterocycles. The molecule has 128 valence electrons. The van der Waals surface area contributed by atoms with Gasteiger partial charge in [0.1, 0.15) is 0 Å². The van der Waals surface area contributed by atoms with E-state index >= 15 is 0 Å². The number of carbonyl (C=O) groups is 1. The first kappa shape index (κ1) is 17.3. The molecule has 0 fully saturated rings. The molecule has 3 rings (SSSR count). The van der Waals surface area contributed by atoms with E-state index in [1.54, 1.807) is 6.92 Å². The third kappa shape index (κ3) is 3.93. The first-order chi connectivity index (χ1) is 11.9. The molecule has 1 atom stereocenters. The molecule has 0 N–H and O–H groups in total. The zero-order valence-corrected chi connectivity index (χ0v) is 14.3. The molecule has 0 saturated carbocycles. The van der Waals surface area contributed by atoms with Gasteiger partial charge in [-0.25, -0.2) is 8.78 Å². The lowest BCUT2D eigenvalue weighted by molar-refractivity contribution is 0.0993. The van der Waals surface area contributed by atoms with Crippen LogP contribution in [0.3, 0.4) is 0 Å². The van der Waals surface area contributed by atoms with Crippen molar-refractivity contribution >= 4 is 17.5 Å². The first-order valence-electron chi connectivity index (χ1n) is 7.50. The van der Waals surface area contributed by atoms with Gasteiger partial charge < -0.3 is 4.42 Å². The number of hydrogen-bond donors (Lipinski definition) is 0. The van der Waals surface area contributed by atoms with Crippen LogP contribution in [0.15, 0.2) is 52.1 Å². The van der Waals surface area contributed by atoms with Gasteiger partial charge in [0, 0.05) is 11.1 Å². The zero-order chi connectivity index (χ0) is 18.0. The van der Waals surface area contributed by atoms with Gasteiger partial charge in [0.25, 0.3) is 5.22 Å². The summed E-state index contributed by atoms with van der Waals surface area (Å²) in [4.78, 5) is 12.3. The Labute approximate surface area is 147 Å². The van der Waals surface area contributed by atoms with Crippen molar-refractivity contribution in [2.45, 2.75) is 24.3 Å². The number of ketones is 1. The normalized spacial score (nSPS) is 12.2. The number of hydrogen-bond acceptors (Lipinski definition) is 5. The van der Waals surface area contributed by atoms with Crippen molar-refractivity contribution < 1.29 is 18.0 Å². The Bertz CT molecular complexity index is 927. The summed E-state index contributed by atoms with van der Waals surface area (Å²) in [6.07, 6.45) is 0. The molecule has 0 bridgehead atoms. The Kier molecular flexibility index (Phi) is 4.94. The van der Waals surface area contributed by atoms with Crippen molar-refractivity contribution in [1.82, 2.24) is 10.2 Å². The Morgan fingerprint density at radius 3 is 2.64 bits per heavy atom. The Morgan fingerprint density at radius 1 is 1.12 bits per heavy atom. The standard InChI is InChI=1S/C18H14F2N2O2S/c1-10-4-3-5-13(8-10)17-21-22-18(24-17)25-11(2)16(23)12-6-7-14(19)15(20)9-12/h3-9,11H,1-2H3/t11-/m0/s1. The van der Waals surface area contributed by atoms with Crippen LogP contribution >= 0.6 is 11.8 Å². The fourth-order valence-corrected chi connectivity index (χ4v) is 3.00. The second kappa shape index (κ2) is 7.14. The monoisotopic (exact) mass is 360 g/mol. The zero-order valence-electron chi connectivity index (χ0n) is 13.5. The molecule has 0 spiro atoms. The van der Waals surface area contributed by atoms with Gasteiger partial charge in [-0.05, 0) is 44.2 Å². The van der Waals surface area contributed by atoms with E-state index in [9.17, 15) is 13.6 Å². The van der Waals surface area contributed by atoms with Gasteiger partial charge in [-0.2, -0.15) is 0 Å². The summed E-state index contributed by atoms with van der Waals surface area (Å²) in [7, 11) is 0. The smallest absolute Gasteiger partial charge is 0.277 e. The van der Waals surface area contributed by atoms with Crippen molar-refractivity contribution in [2.24, 2.45) is 0 Å². The molecular weight excluding hydrogens is 346 g/mol. The summed E-state index contributed by atoms with van der Waals surface area (Å²) in [6, 6.07) is 10.7. The molecule has 7 heteroatoms. The second-order valence-corrected chi connectivity index (χ2v) is 6.79. The summed E-state index contributed by atoms with van der Waals surface area (Å²) in [5.41, 5.74) is 1.95. The van der Waals surface area contributed by atoms with Crippen LogP contribution in [0.25, 0.3) is 11.5 Å². The molecule has 2 aromatic carbocycles. The predicted octanol–water partition coefficient (Wildman–Crippen LogP) is 4.69. The molecule has 0 saturated heterocycles. The molecule has 0 radical (unpaired) electrons. The number of thioether (sulfide) groups is 1. The van der Waals surface area contributed by atoms with Crippen LogP contribution in [0, 0.1) is 18.6 Å². The SMILES string of the molecule is Cc1cccc(-c2nnc(S[C@@H](C)C(=O)c3ccc(F)c(F)c3)o2)c1. The summed E-state index contributed by atoms with van der Waals surface area (Å²) in [6.45, 7) is 3.60. The minimum Gasteiger partial charge on any atom is -0.411 e. The summed E-state index contributed by atoms with van der Waals surface area (Å²) < 4.78 is 31.8. The fraction of sp³-hybridized carbons (Fsp3) is 0.167. The van der Waals surface area contributed by atoms with Gasteiger partial charge >= 0.3 is 0 Å². The lowest BCUT2D eigenvalue weighted by Gasteiger charge is -2.07. The molecule has 3 aromatic rings. The van der Waals surface area contributed by atoms with Gasteiger partial charge in [-0.1, -0.05) is 29.5 Å². The van der Waals surface area contributed by atoms with E-state index in [2.05, 4.69) is 10.2 Å². The molecular formula is C18H14F2N2O2S. The van der Waals surface area contributed by atoms with Crippen LogP contribution in [0.4, 0.5) is 8.78 Å². The minimum atomic E-state index is -1.05. The van der Waals surface area contributed by atoms with Crippen LogP contribution in [0.2, 0.25) is 0 Å². The maximum Gasteiger partial charge on any atom is 0.277 e. The van der Waals surface area contributed by atoms with E-state index in [0.717, 1.165) is 35.0 Å². The van der Waals surface area contributed by atoms with Crippen LogP contribution in [0.5, 0.6) is 0 Å². The summed E-state index contributed by atoms with van der Waals surface area (Å²) >= 11 is 1.07. The molecule has 25 heavy (non-hydrogen) atoms. The minimum absolute atomic E-state index is 0.0947. The highest BCUT2D eigenvalue weighted by Gasteiger charge is 2.21. The van der Waals surface area contributed by atoms with Gasteiger partial charge in [0.15, 0.2) is 17.4 Å². The van der Waals surface area contributed by atoms with Crippen LogP contribution < -0.4 is 0 Å². The van der Waals surface area contributed by atoms with E-state index in [1.165, 1.54) is 6.07 Å². The van der Waals surface area contributed by atoms with Crippen LogP contribution in [-0.2, 0) is 0 Å². The predicted molar refractivity (Wildman–Crippen MR) is 90.5 cm³/mol.